The molecule has 0 saturated carbocycles. The van der Waals surface area contributed by atoms with Crippen molar-refractivity contribution in [1.82, 2.24) is 9.47 Å². The molecule has 1 aromatic heterocycles. The molecule has 0 radical (unpaired) electrons. The molecule has 0 aliphatic heterocycles. The smallest absolute Gasteiger partial charge is 0.245 e. The van der Waals surface area contributed by atoms with Crippen LogP contribution < -0.4 is 0 Å². The summed E-state index contributed by atoms with van der Waals surface area (Å²) < 4.78 is 1.80. The van der Waals surface area contributed by atoms with Gasteiger partial charge in [-0.2, -0.15) is 0 Å². The van der Waals surface area contributed by atoms with E-state index >= 15 is 0 Å². The maximum Gasteiger partial charge on any atom is 0.245 e. The van der Waals surface area contributed by atoms with Crippen molar-refractivity contribution in [2.45, 2.75) is 13.0 Å². The van der Waals surface area contributed by atoms with E-state index in [1.54, 1.807) is 30.7 Å². The zero-order chi connectivity index (χ0) is 15.4. The van der Waals surface area contributed by atoms with Crippen molar-refractivity contribution in [3.63, 3.8) is 0 Å². The second-order valence-electron chi connectivity index (χ2n) is 4.97. The van der Waals surface area contributed by atoms with Gasteiger partial charge in [0.1, 0.15) is 11.8 Å². The van der Waals surface area contributed by atoms with Crippen LogP contribution in [0.3, 0.4) is 0 Å². The zero-order valence-electron chi connectivity index (χ0n) is 12.1. The van der Waals surface area contributed by atoms with Crippen LogP contribution in [0.25, 0.3) is 0 Å². The molecule has 1 atom stereocenters. The molecular formula is C16H18N2O3. The van der Waals surface area contributed by atoms with E-state index in [1.165, 1.54) is 17.0 Å². The molecule has 0 aliphatic rings. The Morgan fingerprint density at radius 2 is 1.76 bits per heavy atom. The van der Waals surface area contributed by atoms with E-state index < -0.39 is 0 Å². The maximum atomic E-state index is 12.3. The van der Waals surface area contributed by atoms with Crippen molar-refractivity contribution in [2.75, 3.05) is 13.6 Å². The second kappa shape index (κ2) is 6.26. The third kappa shape index (κ3) is 3.51. The van der Waals surface area contributed by atoms with Gasteiger partial charge in [0.15, 0.2) is 5.78 Å². The molecule has 1 aromatic carbocycles. The van der Waals surface area contributed by atoms with E-state index in [1.807, 2.05) is 24.5 Å². The quantitative estimate of drug-likeness (QED) is 0.856. The Balaban J connectivity index is 2.00. The molecular weight excluding hydrogens is 268 g/mol. The Bertz CT molecular complexity index is 617. The highest BCUT2D eigenvalue weighted by molar-refractivity contribution is 5.99. The first-order chi connectivity index (χ1) is 9.99. The first kappa shape index (κ1) is 14.8. The van der Waals surface area contributed by atoms with Crippen LogP contribution in [0.15, 0.2) is 48.8 Å². The summed E-state index contributed by atoms with van der Waals surface area (Å²) in [6.45, 7) is 1.80. The molecule has 5 heteroatoms. The highest BCUT2D eigenvalue weighted by Gasteiger charge is 2.20. The lowest BCUT2D eigenvalue weighted by Gasteiger charge is -2.21. The van der Waals surface area contributed by atoms with Crippen molar-refractivity contribution in [3.8, 4) is 5.75 Å². The van der Waals surface area contributed by atoms with E-state index in [0.29, 0.717) is 5.56 Å². The third-order valence-electron chi connectivity index (χ3n) is 3.38. The molecule has 5 nitrogen and oxygen atoms in total. The molecule has 1 heterocycles. The van der Waals surface area contributed by atoms with Gasteiger partial charge in [-0.25, -0.2) is 0 Å². The van der Waals surface area contributed by atoms with Gasteiger partial charge in [0.05, 0.1) is 6.54 Å². The molecule has 1 N–H and O–H groups in total. The predicted octanol–water partition coefficient (Wildman–Crippen LogP) is 2.10. The Hall–Kier alpha value is -2.56. The van der Waals surface area contributed by atoms with Gasteiger partial charge in [-0.15, -0.1) is 0 Å². The maximum absolute atomic E-state index is 12.3. The number of hydrogen-bond donors (Lipinski definition) is 1. The molecule has 0 aliphatic carbocycles. The van der Waals surface area contributed by atoms with Gasteiger partial charge in [0, 0.05) is 25.0 Å². The molecule has 1 amide bonds. The average molecular weight is 286 g/mol. The van der Waals surface area contributed by atoms with Crippen LogP contribution in [0.2, 0.25) is 0 Å². The van der Waals surface area contributed by atoms with Crippen LogP contribution in [0.4, 0.5) is 0 Å². The number of amides is 1. The summed E-state index contributed by atoms with van der Waals surface area (Å²) in [6, 6.07) is 9.36. The SMILES string of the molecule is C[C@H](C(=O)N(C)CC(=O)c1ccc(O)cc1)n1cccc1. The lowest BCUT2D eigenvalue weighted by molar-refractivity contribution is -0.132. The van der Waals surface area contributed by atoms with E-state index in [9.17, 15) is 14.7 Å². The van der Waals surface area contributed by atoms with Gasteiger partial charge in [-0.1, -0.05) is 0 Å². The van der Waals surface area contributed by atoms with Crippen LogP contribution in [0.1, 0.15) is 23.3 Å². The second-order valence-corrected chi connectivity index (χ2v) is 4.97. The fourth-order valence-electron chi connectivity index (χ4n) is 2.08. The summed E-state index contributed by atoms with van der Waals surface area (Å²) in [5.41, 5.74) is 0.473. The van der Waals surface area contributed by atoms with Crippen molar-refractivity contribution in [2.24, 2.45) is 0 Å². The fraction of sp³-hybridized carbons (Fsp3) is 0.250. The first-order valence-corrected chi connectivity index (χ1v) is 6.68. The lowest BCUT2D eigenvalue weighted by Crippen LogP contribution is -2.36. The van der Waals surface area contributed by atoms with Gasteiger partial charge in [0.25, 0.3) is 0 Å². The molecule has 2 aromatic rings. The number of aromatic hydroxyl groups is 1. The minimum Gasteiger partial charge on any atom is -0.508 e. The molecule has 0 unspecified atom stereocenters. The Morgan fingerprint density at radius 3 is 2.33 bits per heavy atom. The van der Waals surface area contributed by atoms with E-state index in [0.717, 1.165) is 0 Å². The topological polar surface area (TPSA) is 62.5 Å². The largest absolute Gasteiger partial charge is 0.508 e. The minimum absolute atomic E-state index is 0.00914. The summed E-state index contributed by atoms with van der Waals surface area (Å²) >= 11 is 0. The monoisotopic (exact) mass is 286 g/mol. The van der Waals surface area contributed by atoms with Gasteiger partial charge in [-0.3, -0.25) is 9.59 Å². The highest BCUT2D eigenvalue weighted by atomic mass is 16.3. The van der Waals surface area contributed by atoms with Crippen LogP contribution in [-0.4, -0.2) is 39.9 Å². The molecule has 2 rings (SSSR count). The summed E-state index contributed by atoms with van der Waals surface area (Å²) in [4.78, 5) is 25.8. The summed E-state index contributed by atoms with van der Waals surface area (Å²) in [5, 5.41) is 9.21. The number of carbonyl (C=O) groups excluding carboxylic acids is 2. The average Bonchev–Trinajstić information content (AvgIpc) is 3.00. The van der Waals surface area contributed by atoms with Crippen molar-refractivity contribution in [3.05, 3.63) is 54.4 Å². The number of hydrogen-bond acceptors (Lipinski definition) is 3. The van der Waals surface area contributed by atoms with E-state index in [4.69, 9.17) is 0 Å². The zero-order valence-corrected chi connectivity index (χ0v) is 12.1. The normalized spacial score (nSPS) is 11.9. The molecule has 0 bridgehead atoms. The number of nitrogens with zero attached hydrogens (tertiary/aromatic N) is 2. The van der Waals surface area contributed by atoms with Crippen LogP contribution >= 0.6 is 0 Å². The Labute approximate surface area is 123 Å². The lowest BCUT2D eigenvalue weighted by atomic mass is 10.1. The molecule has 0 saturated heterocycles. The van der Waals surface area contributed by atoms with Gasteiger partial charge >= 0.3 is 0 Å². The number of carbonyl (C=O) groups is 2. The molecule has 0 fully saturated rings. The predicted molar refractivity (Wildman–Crippen MR) is 79.2 cm³/mol. The van der Waals surface area contributed by atoms with Gasteiger partial charge in [0.2, 0.25) is 5.91 Å². The summed E-state index contributed by atoms with van der Waals surface area (Å²) in [6.07, 6.45) is 3.64. The third-order valence-corrected chi connectivity index (χ3v) is 3.38. The number of phenolic OH excluding ortho intramolecular Hbond substituents is 1. The molecule has 21 heavy (non-hydrogen) atoms. The number of ketones is 1. The standard InChI is InChI=1S/C16H18N2O3/c1-12(18-9-3-4-10-18)16(21)17(2)11-15(20)13-5-7-14(19)8-6-13/h3-10,12,19H,11H2,1-2H3/t12-/m1/s1. The number of rotatable bonds is 5. The van der Waals surface area contributed by atoms with E-state index in [2.05, 4.69) is 0 Å². The van der Waals surface area contributed by atoms with Gasteiger partial charge < -0.3 is 14.6 Å². The first-order valence-electron chi connectivity index (χ1n) is 6.68. The number of Topliss-reactive ketones (excluding diaryl/α,β-unsaturated/α-hetero) is 1. The highest BCUT2D eigenvalue weighted by Crippen LogP contribution is 2.12. The minimum atomic E-state index is -0.349. The van der Waals surface area contributed by atoms with Crippen LogP contribution in [0, 0.1) is 0 Å². The van der Waals surface area contributed by atoms with Crippen molar-refractivity contribution in [1.29, 1.82) is 0 Å². The van der Waals surface area contributed by atoms with E-state index in [-0.39, 0.29) is 30.0 Å². The number of phenols is 1. The van der Waals surface area contributed by atoms with Crippen molar-refractivity contribution >= 4 is 11.7 Å². The molecule has 0 spiro atoms. The summed E-state index contributed by atoms with van der Waals surface area (Å²) in [7, 11) is 1.61. The van der Waals surface area contributed by atoms with Crippen molar-refractivity contribution < 1.29 is 14.7 Å². The fourth-order valence-corrected chi connectivity index (χ4v) is 2.08. The van der Waals surface area contributed by atoms with Crippen LogP contribution in [0.5, 0.6) is 5.75 Å². The Kier molecular flexibility index (Phi) is 4.42. The number of likely N-dealkylation sites (N-methyl/N-ethyl adjacent to an activating group) is 1. The van der Waals surface area contributed by atoms with Crippen LogP contribution in [-0.2, 0) is 4.79 Å². The Morgan fingerprint density at radius 1 is 1.19 bits per heavy atom. The number of benzene rings is 1. The van der Waals surface area contributed by atoms with Gasteiger partial charge in [-0.05, 0) is 43.3 Å². The number of aromatic nitrogens is 1. The molecule has 110 valence electrons. The summed E-state index contributed by atoms with van der Waals surface area (Å²) in [5.74, 6) is -0.180.